The Morgan fingerprint density at radius 2 is 2.05 bits per heavy atom. The number of carbonyl (C=O) groups is 1. The smallest absolute Gasteiger partial charge is 0.239 e. The van der Waals surface area contributed by atoms with Crippen LogP contribution in [0.4, 0.5) is 0 Å². The first-order valence-corrected chi connectivity index (χ1v) is 7.68. The van der Waals surface area contributed by atoms with Crippen molar-refractivity contribution in [2.45, 2.75) is 45.8 Å². The van der Waals surface area contributed by atoms with Gasteiger partial charge in [-0.25, -0.2) is 4.98 Å². The number of hydrogen-bond acceptors (Lipinski definition) is 3. The summed E-state index contributed by atoms with van der Waals surface area (Å²) in [7, 11) is 0. The number of piperidine rings is 1. The van der Waals surface area contributed by atoms with Gasteiger partial charge in [0, 0.05) is 38.6 Å². The molecule has 0 aromatic carbocycles. The normalized spacial score (nSPS) is 22.6. The van der Waals surface area contributed by atoms with Crippen LogP contribution < -0.4 is 0 Å². The molecule has 2 aliphatic rings. The van der Waals surface area contributed by atoms with Crippen LogP contribution in [0.5, 0.6) is 0 Å². The van der Waals surface area contributed by atoms with Crippen LogP contribution in [-0.4, -0.2) is 50.9 Å². The number of rotatable bonds is 2. The molecule has 1 amide bonds. The van der Waals surface area contributed by atoms with E-state index in [0.717, 1.165) is 57.3 Å². The summed E-state index contributed by atoms with van der Waals surface area (Å²) in [6, 6.07) is -0.0335. The van der Waals surface area contributed by atoms with Crippen molar-refractivity contribution in [2.75, 3.05) is 19.6 Å². The molecule has 0 aliphatic carbocycles. The number of amides is 1. The summed E-state index contributed by atoms with van der Waals surface area (Å²) in [5.74, 6) is 2.12. The largest absolute Gasteiger partial charge is 0.341 e. The molecule has 3 heterocycles. The van der Waals surface area contributed by atoms with Crippen LogP contribution in [0, 0.1) is 5.92 Å². The lowest BCUT2D eigenvalue weighted by Crippen LogP contribution is -2.51. The number of nitrogens with zero attached hydrogens (tertiary/aromatic N) is 4. The number of likely N-dealkylation sites (tertiary alicyclic amines) is 1. The zero-order chi connectivity index (χ0) is 14.1. The van der Waals surface area contributed by atoms with Gasteiger partial charge in [-0.05, 0) is 25.7 Å². The van der Waals surface area contributed by atoms with Gasteiger partial charge >= 0.3 is 0 Å². The van der Waals surface area contributed by atoms with E-state index < -0.39 is 0 Å². The van der Waals surface area contributed by atoms with Crippen LogP contribution >= 0.6 is 0 Å². The van der Waals surface area contributed by atoms with E-state index in [1.54, 1.807) is 0 Å². The van der Waals surface area contributed by atoms with Gasteiger partial charge < -0.3 is 9.47 Å². The highest BCUT2D eigenvalue weighted by Crippen LogP contribution is 2.19. The molecule has 1 aromatic rings. The Kier molecular flexibility index (Phi) is 3.78. The van der Waals surface area contributed by atoms with E-state index in [1.165, 1.54) is 0 Å². The molecule has 1 fully saturated rings. The van der Waals surface area contributed by atoms with Crippen LogP contribution in [0.15, 0.2) is 12.4 Å². The van der Waals surface area contributed by atoms with Gasteiger partial charge in [0.2, 0.25) is 5.91 Å². The number of imidazole rings is 1. The molecular weight excluding hydrogens is 252 g/mol. The number of aromatic nitrogens is 2. The van der Waals surface area contributed by atoms with Gasteiger partial charge in [0.05, 0.1) is 12.6 Å². The molecule has 0 unspecified atom stereocenters. The highest BCUT2D eigenvalue weighted by molar-refractivity contribution is 5.81. The second-order valence-corrected chi connectivity index (χ2v) is 6.19. The van der Waals surface area contributed by atoms with E-state index in [-0.39, 0.29) is 11.9 Å². The summed E-state index contributed by atoms with van der Waals surface area (Å²) in [6.07, 6.45) is 6.15. The SMILES string of the molecule is CC1CCN(C(=O)[C@@H](C)N2CCn3ccnc3C2)CC1. The molecule has 2 aliphatic heterocycles. The molecule has 5 nitrogen and oxygen atoms in total. The third kappa shape index (κ3) is 2.59. The van der Waals surface area contributed by atoms with Crippen LogP contribution in [0.3, 0.4) is 0 Å². The van der Waals surface area contributed by atoms with Crippen molar-refractivity contribution in [3.8, 4) is 0 Å². The monoisotopic (exact) mass is 276 g/mol. The van der Waals surface area contributed by atoms with Gasteiger partial charge in [-0.3, -0.25) is 9.69 Å². The van der Waals surface area contributed by atoms with E-state index >= 15 is 0 Å². The predicted molar refractivity (Wildman–Crippen MR) is 77.1 cm³/mol. The minimum atomic E-state index is -0.0335. The zero-order valence-electron chi connectivity index (χ0n) is 12.5. The average Bonchev–Trinajstić information content (AvgIpc) is 2.94. The fourth-order valence-electron chi connectivity index (χ4n) is 3.17. The van der Waals surface area contributed by atoms with Gasteiger partial charge in [0.25, 0.3) is 0 Å². The van der Waals surface area contributed by atoms with Gasteiger partial charge in [-0.1, -0.05) is 6.92 Å². The van der Waals surface area contributed by atoms with E-state index in [1.807, 2.05) is 24.2 Å². The van der Waals surface area contributed by atoms with Crippen LogP contribution in [-0.2, 0) is 17.9 Å². The third-order valence-electron chi connectivity index (χ3n) is 4.77. The molecule has 110 valence electrons. The number of fused-ring (bicyclic) bond motifs is 1. The molecule has 1 saturated heterocycles. The molecule has 0 saturated carbocycles. The Hall–Kier alpha value is -1.36. The molecule has 1 aromatic heterocycles. The van der Waals surface area contributed by atoms with Crippen molar-refractivity contribution in [1.29, 1.82) is 0 Å². The average molecular weight is 276 g/mol. The molecule has 0 radical (unpaired) electrons. The maximum Gasteiger partial charge on any atom is 0.239 e. The van der Waals surface area contributed by atoms with E-state index in [9.17, 15) is 4.79 Å². The zero-order valence-corrected chi connectivity index (χ0v) is 12.5. The third-order valence-corrected chi connectivity index (χ3v) is 4.77. The second kappa shape index (κ2) is 5.56. The topological polar surface area (TPSA) is 41.4 Å². The summed E-state index contributed by atoms with van der Waals surface area (Å²) < 4.78 is 2.18. The molecule has 0 bridgehead atoms. The molecule has 20 heavy (non-hydrogen) atoms. The Balaban J connectivity index is 1.61. The maximum absolute atomic E-state index is 12.6. The number of carbonyl (C=O) groups excluding carboxylic acids is 1. The maximum atomic E-state index is 12.6. The second-order valence-electron chi connectivity index (χ2n) is 6.19. The Morgan fingerprint density at radius 3 is 2.80 bits per heavy atom. The summed E-state index contributed by atoms with van der Waals surface area (Å²) in [4.78, 5) is 21.3. The quantitative estimate of drug-likeness (QED) is 0.818. The fraction of sp³-hybridized carbons (Fsp3) is 0.733. The lowest BCUT2D eigenvalue weighted by Gasteiger charge is -2.37. The first-order valence-electron chi connectivity index (χ1n) is 7.68. The van der Waals surface area contributed by atoms with Crippen LogP contribution in [0.1, 0.15) is 32.5 Å². The van der Waals surface area contributed by atoms with Crippen LogP contribution in [0.25, 0.3) is 0 Å². The van der Waals surface area contributed by atoms with Crippen LogP contribution in [0.2, 0.25) is 0 Å². The lowest BCUT2D eigenvalue weighted by atomic mass is 9.98. The summed E-state index contributed by atoms with van der Waals surface area (Å²) in [6.45, 7) is 8.81. The Bertz CT molecular complexity index is 476. The molecule has 0 N–H and O–H groups in total. The molecule has 3 rings (SSSR count). The van der Waals surface area contributed by atoms with Gasteiger partial charge in [-0.15, -0.1) is 0 Å². The van der Waals surface area contributed by atoms with Crippen molar-refractivity contribution in [1.82, 2.24) is 19.4 Å². The van der Waals surface area contributed by atoms with Crippen molar-refractivity contribution in [2.24, 2.45) is 5.92 Å². The van der Waals surface area contributed by atoms with Crippen molar-refractivity contribution in [3.05, 3.63) is 18.2 Å². The van der Waals surface area contributed by atoms with Crippen molar-refractivity contribution >= 4 is 5.91 Å². The first-order chi connectivity index (χ1) is 9.65. The van der Waals surface area contributed by atoms with Crippen molar-refractivity contribution in [3.63, 3.8) is 0 Å². The summed E-state index contributed by atoms with van der Waals surface area (Å²) in [5.41, 5.74) is 0. The van der Waals surface area contributed by atoms with E-state index in [2.05, 4.69) is 21.4 Å². The predicted octanol–water partition coefficient (Wildman–Crippen LogP) is 1.35. The van der Waals surface area contributed by atoms with Gasteiger partial charge in [0.1, 0.15) is 5.82 Å². The standard InChI is InChI=1S/C15H24N4O/c1-12-3-6-18(7-4-12)15(20)13(2)19-10-9-17-8-5-16-14(17)11-19/h5,8,12-13H,3-4,6-7,9-11H2,1-2H3/t13-/m1/s1. The molecule has 5 heteroatoms. The van der Waals surface area contributed by atoms with Crippen molar-refractivity contribution < 1.29 is 4.79 Å². The van der Waals surface area contributed by atoms with Gasteiger partial charge in [0.15, 0.2) is 0 Å². The summed E-state index contributed by atoms with van der Waals surface area (Å²) in [5, 5.41) is 0. The molecule has 1 atom stereocenters. The minimum Gasteiger partial charge on any atom is -0.341 e. The highest BCUT2D eigenvalue weighted by Gasteiger charge is 2.30. The molecule has 0 spiro atoms. The molecular formula is C15H24N4O. The van der Waals surface area contributed by atoms with E-state index in [0.29, 0.717) is 0 Å². The van der Waals surface area contributed by atoms with E-state index in [4.69, 9.17) is 0 Å². The Labute approximate surface area is 120 Å². The minimum absolute atomic E-state index is 0.0335. The summed E-state index contributed by atoms with van der Waals surface area (Å²) >= 11 is 0. The van der Waals surface area contributed by atoms with Gasteiger partial charge in [-0.2, -0.15) is 0 Å². The highest BCUT2D eigenvalue weighted by atomic mass is 16.2. The number of hydrogen-bond donors (Lipinski definition) is 0. The lowest BCUT2D eigenvalue weighted by molar-refractivity contribution is -0.138. The first kappa shape index (κ1) is 13.6. The Morgan fingerprint density at radius 1 is 1.30 bits per heavy atom. The fourth-order valence-corrected chi connectivity index (χ4v) is 3.17.